The van der Waals surface area contributed by atoms with Crippen LogP contribution in [0, 0.1) is 5.92 Å². The van der Waals surface area contributed by atoms with E-state index in [1.54, 1.807) is 27.8 Å². The minimum atomic E-state index is -3.45. The van der Waals surface area contributed by atoms with Gasteiger partial charge in [0.1, 0.15) is 0 Å². The SMILES string of the molecule is CNCC1CCCN(S(=O)(=O)c2ccc3nc(C(C)(C)C)sc3c2)C1. The maximum atomic E-state index is 13.1. The van der Waals surface area contributed by atoms with Gasteiger partial charge in [-0.1, -0.05) is 20.8 Å². The van der Waals surface area contributed by atoms with Crippen LogP contribution < -0.4 is 5.32 Å². The third-order valence-corrected chi connectivity index (χ3v) is 7.92. The summed E-state index contributed by atoms with van der Waals surface area (Å²) in [6, 6.07) is 5.33. The van der Waals surface area contributed by atoms with Gasteiger partial charge >= 0.3 is 0 Å². The molecule has 1 aliphatic rings. The molecule has 5 nitrogen and oxygen atoms in total. The lowest BCUT2D eigenvalue weighted by molar-refractivity contribution is 0.263. The number of sulfonamides is 1. The van der Waals surface area contributed by atoms with Crippen molar-refractivity contribution in [1.29, 1.82) is 0 Å². The number of nitrogens with zero attached hydrogens (tertiary/aromatic N) is 2. The number of hydrogen-bond acceptors (Lipinski definition) is 5. The van der Waals surface area contributed by atoms with Crippen molar-refractivity contribution < 1.29 is 8.42 Å². The number of thiazole rings is 1. The van der Waals surface area contributed by atoms with Gasteiger partial charge in [-0.3, -0.25) is 0 Å². The largest absolute Gasteiger partial charge is 0.319 e. The molecule has 3 rings (SSSR count). The Balaban J connectivity index is 1.91. The third kappa shape index (κ3) is 3.89. The Morgan fingerprint density at radius 2 is 2.12 bits per heavy atom. The molecule has 0 amide bonds. The van der Waals surface area contributed by atoms with Crippen LogP contribution >= 0.6 is 11.3 Å². The number of fused-ring (bicyclic) bond motifs is 1. The summed E-state index contributed by atoms with van der Waals surface area (Å²) < 4.78 is 28.7. The van der Waals surface area contributed by atoms with Crippen molar-refractivity contribution in [3.63, 3.8) is 0 Å². The molecule has 1 fully saturated rings. The second-order valence-corrected chi connectivity index (χ2v) is 10.8. The number of rotatable bonds is 4. The molecule has 0 spiro atoms. The van der Waals surface area contributed by atoms with Crippen molar-refractivity contribution in [3.05, 3.63) is 23.2 Å². The zero-order valence-corrected chi connectivity index (χ0v) is 17.0. The lowest BCUT2D eigenvalue weighted by Crippen LogP contribution is -2.42. The summed E-state index contributed by atoms with van der Waals surface area (Å²) in [5, 5.41) is 4.19. The average Bonchev–Trinajstić information content (AvgIpc) is 2.99. The van der Waals surface area contributed by atoms with Gasteiger partial charge in [0.15, 0.2) is 0 Å². The zero-order valence-electron chi connectivity index (χ0n) is 15.4. The first-order valence-electron chi connectivity index (χ1n) is 8.77. The minimum Gasteiger partial charge on any atom is -0.319 e. The Hall–Kier alpha value is -1.02. The number of nitrogens with one attached hydrogen (secondary N) is 1. The summed E-state index contributed by atoms with van der Waals surface area (Å²) in [7, 11) is -1.53. The highest BCUT2D eigenvalue weighted by Crippen LogP contribution is 2.33. The second kappa shape index (κ2) is 6.95. The van der Waals surface area contributed by atoms with Crippen LogP contribution in [0.15, 0.2) is 23.1 Å². The molecule has 138 valence electrons. The fraction of sp³-hybridized carbons (Fsp3) is 0.611. The van der Waals surface area contributed by atoms with E-state index in [0.29, 0.717) is 23.9 Å². The second-order valence-electron chi connectivity index (χ2n) is 7.83. The molecule has 0 radical (unpaired) electrons. The molecule has 0 aliphatic carbocycles. The molecule has 2 aromatic rings. The number of hydrogen-bond donors (Lipinski definition) is 1. The maximum Gasteiger partial charge on any atom is 0.243 e. The molecule has 0 bridgehead atoms. The summed E-state index contributed by atoms with van der Waals surface area (Å²) in [5.74, 6) is 0.383. The Kier molecular flexibility index (Phi) is 5.21. The van der Waals surface area contributed by atoms with Crippen molar-refractivity contribution >= 4 is 31.6 Å². The van der Waals surface area contributed by atoms with E-state index in [1.165, 1.54) is 0 Å². The average molecular weight is 382 g/mol. The van der Waals surface area contributed by atoms with Crippen molar-refractivity contribution in [3.8, 4) is 0 Å². The molecule has 1 saturated heterocycles. The number of piperidine rings is 1. The van der Waals surface area contributed by atoms with Crippen LogP contribution in [0.4, 0.5) is 0 Å². The van der Waals surface area contributed by atoms with Gasteiger partial charge in [-0.15, -0.1) is 11.3 Å². The van der Waals surface area contributed by atoms with Gasteiger partial charge < -0.3 is 5.32 Å². The fourth-order valence-corrected chi connectivity index (χ4v) is 5.95. The lowest BCUT2D eigenvalue weighted by atomic mass is 9.98. The highest BCUT2D eigenvalue weighted by atomic mass is 32.2. The summed E-state index contributed by atoms with van der Waals surface area (Å²) in [5.41, 5.74) is 0.844. The van der Waals surface area contributed by atoms with Crippen molar-refractivity contribution in [2.75, 3.05) is 26.7 Å². The molecule has 1 aromatic carbocycles. The molecule has 1 aromatic heterocycles. The van der Waals surface area contributed by atoms with Gasteiger partial charge in [0.2, 0.25) is 10.0 Å². The van der Waals surface area contributed by atoms with Crippen LogP contribution in [-0.2, 0) is 15.4 Å². The smallest absolute Gasteiger partial charge is 0.243 e. The van der Waals surface area contributed by atoms with E-state index in [2.05, 4.69) is 31.1 Å². The summed E-state index contributed by atoms with van der Waals surface area (Å²) in [6.45, 7) is 8.43. The lowest BCUT2D eigenvalue weighted by Gasteiger charge is -2.31. The van der Waals surface area contributed by atoms with Crippen LogP contribution in [0.2, 0.25) is 0 Å². The van der Waals surface area contributed by atoms with Gasteiger partial charge in [0, 0.05) is 18.5 Å². The van der Waals surface area contributed by atoms with E-state index in [4.69, 9.17) is 0 Å². The molecular weight excluding hydrogens is 354 g/mol. The normalized spacial score (nSPS) is 20.2. The quantitative estimate of drug-likeness (QED) is 0.883. The zero-order chi connectivity index (χ0) is 18.2. The fourth-order valence-electron chi connectivity index (χ4n) is 3.24. The van der Waals surface area contributed by atoms with E-state index in [1.807, 2.05) is 13.1 Å². The van der Waals surface area contributed by atoms with Gasteiger partial charge in [-0.2, -0.15) is 4.31 Å². The van der Waals surface area contributed by atoms with Crippen LogP contribution in [0.3, 0.4) is 0 Å². The van der Waals surface area contributed by atoms with Crippen molar-refractivity contribution in [2.24, 2.45) is 5.92 Å². The number of benzene rings is 1. The molecule has 1 aliphatic heterocycles. The number of aromatic nitrogens is 1. The van der Waals surface area contributed by atoms with E-state index < -0.39 is 10.0 Å². The molecule has 25 heavy (non-hydrogen) atoms. The first-order valence-corrected chi connectivity index (χ1v) is 11.0. The molecule has 0 saturated carbocycles. The van der Waals surface area contributed by atoms with Gasteiger partial charge in [0.05, 0.1) is 20.1 Å². The first kappa shape index (κ1) is 18.8. The molecule has 1 unspecified atom stereocenters. The highest BCUT2D eigenvalue weighted by Gasteiger charge is 2.30. The molecule has 2 heterocycles. The highest BCUT2D eigenvalue weighted by molar-refractivity contribution is 7.89. The van der Waals surface area contributed by atoms with Crippen molar-refractivity contribution in [1.82, 2.24) is 14.6 Å². The van der Waals surface area contributed by atoms with E-state index in [0.717, 1.165) is 34.6 Å². The van der Waals surface area contributed by atoms with Crippen LogP contribution in [0.1, 0.15) is 38.6 Å². The standard InChI is InChI=1S/C18H27N3O2S2/c1-18(2,3)17-20-15-8-7-14(10-16(15)24-17)25(22,23)21-9-5-6-13(12-21)11-19-4/h7-8,10,13,19H,5-6,9,11-12H2,1-4H3. The first-order chi connectivity index (χ1) is 11.7. The Morgan fingerprint density at radius 1 is 1.36 bits per heavy atom. The van der Waals surface area contributed by atoms with E-state index >= 15 is 0 Å². The predicted molar refractivity (Wildman–Crippen MR) is 104 cm³/mol. The summed E-state index contributed by atoms with van der Waals surface area (Å²) in [4.78, 5) is 5.04. The maximum absolute atomic E-state index is 13.1. The predicted octanol–water partition coefficient (Wildman–Crippen LogP) is 3.21. The van der Waals surface area contributed by atoms with Crippen LogP contribution in [-0.4, -0.2) is 44.4 Å². The molecule has 1 atom stereocenters. The van der Waals surface area contributed by atoms with E-state index in [-0.39, 0.29) is 5.41 Å². The summed E-state index contributed by atoms with van der Waals surface area (Å²) in [6.07, 6.45) is 2.00. The van der Waals surface area contributed by atoms with Gasteiger partial charge in [-0.25, -0.2) is 13.4 Å². The topological polar surface area (TPSA) is 62.3 Å². The summed E-state index contributed by atoms with van der Waals surface area (Å²) >= 11 is 1.59. The Labute approximate surface area is 154 Å². The Morgan fingerprint density at radius 3 is 2.80 bits per heavy atom. The monoisotopic (exact) mass is 381 g/mol. The van der Waals surface area contributed by atoms with Gasteiger partial charge in [-0.05, 0) is 50.6 Å². The molecule has 7 heteroatoms. The van der Waals surface area contributed by atoms with Crippen molar-refractivity contribution in [2.45, 2.75) is 43.9 Å². The third-order valence-electron chi connectivity index (χ3n) is 4.61. The Bertz CT molecular complexity index is 851. The van der Waals surface area contributed by atoms with E-state index in [9.17, 15) is 8.42 Å². The molecular formula is C18H27N3O2S2. The van der Waals surface area contributed by atoms with Gasteiger partial charge in [0.25, 0.3) is 0 Å². The minimum absolute atomic E-state index is 0.0318. The van der Waals surface area contributed by atoms with Crippen LogP contribution in [0.25, 0.3) is 10.2 Å². The van der Waals surface area contributed by atoms with Crippen LogP contribution in [0.5, 0.6) is 0 Å². The molecule has 1 N–H and O–H groups in total.